The number of nitrogens with zero attached hydrogens (tertiary/aromatic N) is 1. The number of amides is 1. The zero-order valence-corrected chi connectivity index (χ0v) is 52.7. The quantitative estimate of drug-likeness (QED) is 0.00829. The molecule has 0 aliphatic heterocycles. The van der Waals surface area contributed by atoms with Crippen molar-refractivity contribution in [2.24, 2.45) is 0 Å². The highest BCUT2D eigenvalue weighted by molar-refractivity contribution is 9.12. The highest BCUT2D eigenvalue weighted by atomic mass is 79.9. The van der Waals surface area contributed by atoms with Crippen LogP contribution in [0.4, 0.5) is 4.79 Å². The highest BCUT2D eigenvalue weighted by Crippen LogP contribution is 2.23. The molecule has 0 spiro atoms. The molecule has 1 aliphatic carbocycles. The lowest BCUT2D eigenvalue weighted by Gasteiger charge is -2.25. The molecule has 16 heteroatoms. The molecule has 0 saturated heterocycles. The minimum atomic E-state index is -0.995. The van der Waals surface area contributed by atoms with Crippen molar-refractivity contribution >= 4 is 66.3 Å². The van der Waals surface area contributed by atoms with Crippen LogP contribution in [-0.2, 0) is 9.47 Å². The zero-order valence-electron chi connectivity index (χ0n) is 48.0. The Balaban J connectivity index is -0.000000935. The SMILES string of the molecule is C=C/C(Br)=C\C=C\C(CCC)c1ccccc1.C=C/C(Br)=C\C=C\C(CNC(O)OC(C)(C)C)c1ccccc1.C=CCCC(=C)O.CN(CCC1=CCC(Br)C=C1)C(=O)OC(C)(C)C.N=CCN/C=C/O.N=CCN/C=C/O. The first-order valence-corrected chi connectivity index (χ1v) is 28.5. The summed E-state index contributed by atoms with van der Waals surface area (Å²) >= 11 is 10.3. The molecule has 0 heterocycles. The van der Waals surface area contributed by atoms with E-state index in [0.29, 0.717) is 43.3 Å². The number of allylic oxidation sites excluding steroid dienone is 14. The molecule has 1 amide bonds. The van der Waals surface area contributed by atoms with E-state index >= 15 is 0 Å². The van der Waals surface area contributed by atoms with Gasteiger partial charge in [-0.1, -0.05) is 208 Å². The minimum absolute atomic E-state index is 0.121. The van der Waals surface area contributed by atoms with Gasteiger partial charge in [-0.05, 0) is 90.5 Å². The van der Waals surface area contributed by atoms with Gasteiger partial charge in [-0.3, -0.25) is 5.32 Å². The van der Waals surface area contributed by atoms with Gasteiger partial charge < -0.3 is 56.3 Å². The summed E-state index contributed by atoms with van der Waals surface area (Å²) in [7, 11) is 1.77. The van der Waals surface area contributed by atoms with Gasteiger partial charge >= 0.3 is 6.09 Å². The van der Waals surface area contributed by atoms with Crippen LogP contribution in [0.25, 0.3) is 0 Å². The molecule has 0 radical (unpaired) electrons. The Labute approximate surface area is 500 Å². The summed E-state index contributed by atoms with van der Waals surface area (Å²) in [5, 5.41) is 55.5. The van der Waals surface area contributed by atoms with Crippen LogP contribution < -0.4 is 16.0 Å². The summed E-state index contributed by atoms with van der Waals surface area (Å²) < 4.78 is 12.7. The van der Waals surface area contributed by atoms with Crippen LogP contribution in [0, 0.1) is 10.8 Å². The number of aliphatic hydroxyl groups is 4. The second-order valence-electron chi connectivity index (χ2n) is 18.9. The van der Waals surface area contributed by atoms with Crippen molar-refractivity contribution in [3.63, 3.8) is 0 Å². The van der Waals surface area contributed by atoms with Crippen molar-refractivity contribution in [2.75, 3.05) is 33.2 Å². The Bertz CT molecular complexity index is 2190. The number of hydrogen-bond acceptors (Lipinski definition) is 12. The molecule has 2 aromatic rings. The van der Waals surface area contributed by atoms with Crippen LogP contribution in [0.1, 0.15) is 110 Å². The Kier molecular flexibility index (Phi) is 49.5. The number of alkyl halides is 1. The maximum atomic E-state index is 11.7. The van der Waals surface area contributed by atoms with Crippen LogP contribution >= 0.6 is 47.8 Å². The van der Waals surface area contributed by atoms with E-state index in [9.17, 15) is 9.90 Å². The van der Waals surface area contributed by atoms with Gasteiger partial charge in [0.1, 0.15) is 5.60 Å². The number of hydrogen-bond donors (Lipinski definition) is 9. The van der Waals surface area contributed by atoms with Gasteiger partial charge in [-0.15, -0.1) is 6.58 Å². The Morgan fingerprint density at radius 1 is 0.835 bits per heavy atom. The monoisotopic (exact) mass is 1280 g/mol. The molecule has 9 N–H and O–H groups in total. The van der Waals surface area contributed by atoms with Gasteiger partial charge in [-0.2, -0.15) is 0 Å². The molecule has 4 unspecified atom stereocenters. The molecule has 0 fully saturated rings. The fourth-order valence-corrected chi connectivity index (χ4v) is 6.51. The summed E-state index contributed by atoms with van der Waals surface area (Å²) in [6.45, 7) is 29.9. The van der Waals surface area contributed by atoms with E-state index in [1.54, 1.807) is 30.2 Å². The smallest absolute Gasteiger partial charge is 0.410 e. The average Bonchev–Trinajstić information content (AvgIpc) is 3.41. The number of halogens is 3. The van der Waals surface area contributed by atoms with Crippen LogP contribution in [-0.4, -0.2) is 99.5 Å². The van der Waals surface area contributed by atoms with E-state index in [-0.39, 0.29) is 17.8 Å². The van der Waals surface area contributed by atoms with Crippen LogP contribution in [0.5, 0.6) is 0 Å². The van der Waals surface area contributed by atoms with E-state index in [1.807, 2.05) is 78.0 Å². The first-order chi connectivity index (χ1) is 37.5. The molecule has 0 saturated carbocycles. The minimum Gasteiger partial charge on any atom is -0.514 e. The molecule has 438 valence electrons. The lowest BCUT2D eigenvalue weighted by Crippen LogP contribution is -2.39. The lowest BCUT2D eigenvalue weighted by atomic mass is 9.94. The normalized spacial score (nSPS) is 14.3. The van der Waals surface area contributed by atoms with E-state index in [1.165, 1.54) is 54.4 Å². The Hall–Kier alpha value is -5.75. The predicted octanol–water partition coefficient (Wildman–Crippen LogP) is 16.5. The summed E-state index contributed by atoms with van der Waals surface area (Å²) in [4.78, 5) is 13.8. The van der Waals surface area contributed by atoms with Crippen molar-refractivity contribution < 1.29 is 34.7 Å². The van der Waals surface area contributed by atoms with Crippen LogP contribution in [0.2, 0.25) is 0 Å². The van der Waals surface area contributed by atoms with Crippen molar-refractivity contribution in [3.05, 3.63) is 216 Å². The number of benzene rings is 2. The number of nitrogens with one attached hydrogen (secondary N) is 5. The highest BCUT2D eigenvalue weighted by Gasteiger charge is 2.20. The predicted molar refractivity (Wildman–Crippen MR) is 347 cm³/mol. The van der Waals surface area contributed by atoms with E-state index in [2.05, 4.69) is 176 Å². The molecule has 79 heavy (non-hydrogen) atoms. The average molecular weight is 1290 g/mol. The molecule has 13 nitrogen and oxygen atoms in total. The largest absolute Gasteiger partial charge is 0.514 e. The maximum Gasteiger partial charge on any atom is 0.410 e. The molecule has 0 bridgehead atoms. The number of rotatable bonds is 26. The Morgan fingerprint density at radius 2 is 1.33 bits per heavy atom. The van der Waals surface area contributed by atoms with Gasteiger partial charge in [0.05, 0.1) is 23.9 Å². The molecule has 2 aromatic carbocycles. The lowest BCUT2D eigenvalue weighted by molar-refractivity contribution is -0.181. The summed E-state index contributed by atoms with van der Waals surface area (Å²) in [5.41, 5.74) is 3.00. The molecule has 1 aliphatic rings. The first-order valence-electron chi connectivity index (χ1n) is 26.0. The third-order valence-corrected chi connectivity index (χ3v) is 11.5. The second-order valence-corrected chi connectivity index (χ2v) is 21.9. The van der Waals surface area contributed by atoms with Crippen LogP contribution in [0.15, 0.2) is 205 Å². The van der Waals surface area contributed by atoms with Gasteiger partial charge in [0.15, 0.2) is 0 Å². The molecule has 0 aromatic heterocycles. The van der Waals surface area contributed by atoms with Crippen molar-refractivity contribution in [2.45, 2.75) is 121 Å². The fourth-order valence-electron chi connectivity index (χ4n) is 5.87. The van der Waals surface area contributed by atoms with Gasteiger partial charge in [0.25, 0.3) is 0 Å². The Morgan fingerprint density at radius 3 is 1.71 bits per heavy atom. The summed E-state index contributed by atoms with van der Waals surface area (Å²) in [6, 6.07) is 20.8. The third-order valence-electron chi connectivity index (χ3n) is 9.65. The first kappa shape index (κ1) is 77.5. The van der Waals surface area contributed by atoms with Crippen molar-refractivity contribution in [1.29, 1.82) is 10.8 Å². The van der Waals surface area contributed by atoms with Crippen molar-refractivity contribution in [1.82, 2.24) is 20.9 Å². The molecule has 4 atom stereocenters. The van der Waals surface area contributed by atoms with E-state index in [4.69, 9.17) is 35.6 Å². The fraction of sp³-hybridized carbons (Fsp3) is 0.381. The standard InChI is InChI=1S/C19H26BrNO2.C16H19Br.C14H22BrNO2.C6H10O.2C4H8N2O/c1-5-17(20)13-9-12-16(15-10-7-6-8-11-15)14-21-18(22)23-19(2,3)4;1-3-9-14(12-8-13-16(17)4-2)15-10-6-5-7-11-15;1-14(2,3)18-13(17)16(4)10-9-11-5-7-12(15)8-6-11;1-3-4-5-6(2)7;2*5-1-2-6-3-4-7/h5-13,16,18,21-22H,1,14H2,2-4H3;4-8,10-14H,2-3,9H2,1H3;5-7,12H,8-10H2,1-4H3;3,7H,1-2,4-5H2;2*1,3-7H,2H2/b12-9+,17-13+;12-8+,16-13+;;;2*4-3+,5-1?. The van der Waals surface area contributed by atoms with Crippen LogP contribution in [0.3, 0.4) is 0 Å². The zero-order chi connectivity index (χ0) is 60.3. The summed E-state index contributed by atoms with van der Waals surface area (Å²) in [5.74, 6) is 0.859. The molecule has 3 rings (SSSR count). The second kappa shape index (κ2) is 50.5. The number of ether oxygens (including phenoxy) is 2. The molecular weight excluding hydrogens is 1190 g/mol. The maximum absolute atomic E-state index is 11.7. The number of aliphatic hydroxyl groups excluding tert-OH is 4. The van der Waals surface area contributed by atoms with E-state index < -0.39 is 17.6 Å². The third kappa shape index (κ3) is 51.4. The van der Waals surface area contributed by atoms with Gasteiger partial charge in [0.2, 0.25) is 6.41 Å². The summed E-state index contributed by atoms with van der Waals surface area (Å²) in [6.07, 6.45) is 35.5. The van der Waals surface area contributed by atoms with Gasteiger partial charge in [0, 0.05) is 90.1 Å². The topological polar surface area (TPSA) is 203 Å². The number of carbonyl (C=O) groups excluding carboxylic acids is 1. The molecular formula is C63H93Br3N6O7. The van der Waals surface area contributed by atoms with Crippen molar-refractivity contribution in [3.8, 4) is 0 Å². The van der Waals surface area contributed by atoms with Gasteiger partial charge in [-0.25, -0.2) is 4.79 Å². The number of carbonyl (C=O) groups is 1. The van der Waals surface area contributed by atoms with E-state index in [0.717, 1.165) is 40.8 Å².